The Morgan fingerprint density at radius 2 is 1.00 bits per heavy atom. The average Bonchev–Trinajstić information content (AvgIpc) is 2.85. The lowest BCUT2D eigenvalue weighted by Gasteiger charge is -2.28. The van der Waals surface area contributed by atoms with Gasteiger partial charge in [-0.15, -0.1) is 0 Å². The number of hydrogen-bond acceptors (Lipinski definition) is 4. The summed E-state index contributed by atoms with van der Waals surface area (Å²) in [4.78, 5) is 24.4. The van der Waals surface area contributed by atoms with Crippen LogP contribution in [-0.2, 0) is 20.6 Å². The molecule has 2 amide bonds. The molecule has 0 aromatic heterocycles. The van der Waals surface area contributed by atoms with Crippen molar-refractivity contribution in [2.45, 2.75) is 62.3 Å². The van der Waals surface area contributed by atoms with E-state index in [0.29, 0.717) is 0 Å². The van der Waals surface area contributed by atoms with Crippen LogP contribution >= 0.6 is 31.9 Å². The second-order valence-corrected chi connectivity index (χ2v) is 12.8. The Bertz CT molecular complexity index is 1050. The molecule has 0 aliphatic heterocycles. The maximum atomic E-state index is 12.5. The lowest BCUT2D eigenvalue weighted by Crippen LogP contribution is -2.43. The third-order valence-electron chi connectivity index (χ3n) is 6.17. The Labute approximate surface area is 243 Å². The highest BCUT2D eigenvalue weighted by atomic mass is 79.9. The van der Waals surface area contributed by atoms with Crippen molar-refractivity contribution in [3.63, 3.8) is 0 Å². The van der Waals surface area contributed by atoms with Crippen LogP contribution in [0.25, 0.3) is 11.1 Å². The Morgan fingerprint density at radius 1 is 0.711 bits per heavy atom. The molecule has 0 spiro atoms. The minimum Gasteiger partial charge on any atom is -0.448 e. The average molecular weight is 650 g/mol. The first-order valence-electron chi connectivity index (χ1n) is 12.3. The Kier molecular flexibility index (Phi) is 11.2. The van der Waals surface area contributed by atoms with E-state index in [0.717, 1.165) is 33.4 Å². The third kappa shape index (κ3) is 9.31. The van der Waals surface area contributed by atoms with E-state index in [2.05, 4.69) is 55.7 Å². The number of allylic oxidation sites excluding steroid dienone is 2. The Balaban J connectivity index is 1.80. The molecule has 2 rings (SSSR count). The number of benzene rings is 2. The molecule has 2 aromatic carbocycles. The second-order valence-electron chi connectivity index (χ2n) is 10.4. The molecular formula is C30H38Br2N2O4. The van der Waals surface area contributed by atoms with Crippen LogP contribution in [0, 0.1) is 0 Å². The number of ether oxygens (including phenoxy) is 2. The summed E-state index contributed by atoms with van der Waals surface area (Å²) in [5, 5.41) is 5.79. The molecule has 0 aliphatic carbocycles. The molecule has 0 saturated heterocycles. The van der Waals surface area contributed by atoms with Gasteiger partial charge in [0.25, 0.3) is 0 Å². The van der Waals surface area contributed by atoms with Crippen molar-refractivity contribution < 1.29 is 19.1 Å². The highest BCUT2D eigenvalue weighted by Crippen LogP contribution is 2.24. The van der Waals surface area contributed by atoms with Crippen LogP contribution in [0.4, 0.5) is 9.59 Å². The largest absolute Gasteiger partial charge is 0.448 e. The number of alkyl halides is 2. The van der Waals surface area contributed by atoms with Gasteiger partial charge in [0.1, 0.15) is 13.2 Å². The van der Waals surface area contributed by atoms with Gasteiger partial charge in [-0.25, -0.2) is 9.59 Å². The van der Waals surface area contributed by atoms with E-state index in [-0.39, 0.29) is 22.9 Å². The molecule has 0 aliphatic rings. The molecule has 2 aromatic rings. The minimum atomic E-state index is -0.626. The highest BCUT2D eigenvalue weighted by Gasteiger charge is 2.27. The van der Waals surface area contributed by atoms with Crippen molar-refractivity contribution in [1.29, 1.82) is 0 Å². The molecule has 0 saturated carbocycles. The number of hydrogen-bond donors (Lipinski definition) is 2. The number of carbonyl (C=O) groups is 2. The summed E-state index contributed by atoms with van der Waals surface area (Å²) in [5.74, 6) is 0. The number of carbonyl (C=O) groups excluding carboxylic acids is 2. The lowest BCUT2D eigenvalue weighted by atomic mass is 9.93. The maximum absolute atomic E-state index is 12.5. The molecular weight excluding hydrogens is 612 g/mol. The second kappa shape index (κ2) is 13.5. The van der Waals surface area contributed by atoms with Crippen molar-refractivity contribution in [2.75, 3.05) is 13.2 Å². The van der Waals surface area contributed by atoms with Gasteiger partial charge in [0.2, 0.25) is 0 Å². The molecule has 2 unspecified atom stereocenters. The van der Waals surface area contributed by atoms with Crippen molar-refractivity contribution >= 4 is 55.2 Å². The molecule has 2 N–H and O–H groups in total. The van der Waals surface area contributed by atoms with E-state index >= 15 is 0 Å². The van der Waals surface area contributed by atoms with Crippen LogP contribution in [0.3, 0.4) is 0 Å². The van der Waals surface area contributed by atoms with Crippen molar-refractivity contribution in [2.24, 2.45) is 0 Å². The number of alkyl carbamates (subject to hydrolysis) is 2. The zero-order chi connectivity index (χ0) is 28.7. The molecule has 0 bridgehead atoms. The van der Waals surface area contributed by atoms with Gasteiger partial charge in [0.15, 0.2) is 0 Å². The SMILES string of the molecule is C=C(C)c1ccc(C(C)(C)NC(=O)OCC(Br)C(Br)COC(=O)NC(C)(C)c2ccc(C(=C)C)cc2)cc1. The van der Waals surface area contributed by atoms with Gasteiger partial charge in [0, 0.05) is 0 Å². The summed E-state index contributed by atoms with van der Waals surface area (Å²) in [6.45, 7) is 19.6. The van der Waals surface area contributed by atoms with Crippen LogP contribution in [0.5, 0.6) is 0 Å². The summed E-state index contributed by atoms with van der Waals surface area (Å²) in [6, 6.07) is 15.8. The zero-order valence-corrected chi connectivity index (χ0v) is 26.2. The number of halogens is 2. The van der Waals surface area contributed by atoms with Gasteiger partial charge >= 0.3 is 12.2 Å². The maximum Gasteiger partial charge on any atom is 0.407 e. The molecule has 0 radical (unpaired) electrons. The van der Waals surface area contributed by atoms with Crippen LogP contribution in [0.1, 0.15) is 63.8 Å². The smallest absolute Gasteiger partial charge is 0.407 e. The van der Waals surface area contributed by atoms with Crippen molar-refractivity contribution in [3.8, 4) is 0 Å². The first-order chi connectivity index (χ1) is 17.6. The normalized spacial score (nSPS) is 13.2. The van der Waals surface area contributed by atoms with Crippen LogP contribution in [0.2, 0.25) is 0 Å². The summed E-state index contributed by atoms with van der Waals surface area (Å²) < 4.78 is 10.8. The van der Waals surface area contributed by atoms with Gasteiger partial charge in [-0.3, -0.25) is 0 Å². The van der Waals surface area contributed by atoms with Gasteiger partial charge in [-0.2, -0.15) is 0 Å². The molecule has 8 heteroatoms. The van der Waals surface area contributed by atoms with E-state index in [4.69, 9.17) is 9.47 Å². The fourth-order valence-corrected chi connectivity index (χ4v) is 4.16. The predicted molar refractivity (Wildman–Crippen MR) is 163 cm³/mol. The van der Waals surface area contributed by atoms with Gasteiger partial charge in [0.05, 0.1) is 20.7 Å². The summed E-state index contributed by atoms with van der Waals surface area (Å²) >= 11 is 7.01. The molecule has 0 heterocycles. The van der Waals surface area contributed by atoms with E-state index in [1.807, 2.05) is 90.1 Å². The first-order valence-corrected chi connectivity index (χ1v) is 14.2. The molecule has 0 fully saturated rings. The Hall–Kier alpha value is -2.58. The van der Waals surface area contributed by atoms with Gasteiger partial charge in [-0.05, 0) is 63.8 Å². The molecule has 6 nitrogen and oxygen atoms in total. The fraction of sp³-hybridized carbons (Fsp3) is 0.400. The van der Waals surface area contributed by atoms with Gasteiger partial charge < -0.3 is 20.1 Å². The van der Waals surface area contributed by atoms with Crippen LogP contribution in [0.15, 0.2) is 61.7 Å². The summed E-state index contributed by atoms with van der Waals surface area (Å²) in [6.07, 6.45) is -1.08. The lowest BCUT2D eigenvalue weighted by molar-refractivity contribution is 0.123. The standard InChI is InChI=1S/C30H38Br2N2O4/c1-19(2)21-9-13-23(14-10-21)29(5,6)33-27(35)37-17-25(31)26(32)18-38-28(36)34-30(7,8)24-15-11-22(12-16-24)20(3)4/h9-16,25-26H,1,3,17-18H2,2,4-8H3,(H,33,35)(H,34,36). The molecule has 206 valence electrons. The van der Waals surface area contributed by atoms with Crippen LogP contribution < -0.4 is 10.6 Å². The highest BCUT2D eigenvalue weighted by molar-refractivity contribution is 9.12. The van der Waals surface area contributed by atoms with E-state index in [9.17, 15) is 9.59 Å². The fourth-order valence-electron chi connectivity index (χ4n) is 3.59. The number of nitrogens with one attached hydrogen (secondary N) is 2. The zero-order valence-electron chi connectivity index (χ0n) is 23.0. The number of rotatable bonds is 11. The Morgan fingerprint density at radius 3 is 1.26 bits per heavy atom. The predicted octanol–water partition coefficient (Wildman–Crippen LogP) is 7.90. The van der Waals surface area contributed by atoms with Gasteiger partial charge in [-0.1, -0.05) is 105 Å². The number of amides is 2. The van der Waals surface area contributed by atoms with Crippen molar-refractivity contribution in [3.05, 3.63) is 83.9 Å². The first kappa shape index (κ1) is 31.6. The quantitative estimate of drug-likeness (QED) is 0.243. The topological polar surface area (TPSA) is 76.7 Å². The summed E-state index contributed by atoms with van der Waals surface area (Å²) in [5.41, 5.74) is 4.70. The molecule has 38 heavy (non-hydrogen) atoms. The molecule has 2 atom stereocenters. The summed E-state index contributed by atoms with van der Waals surface area (Å²) in [7, 11) is 0. The van der Waals surface area contributed by atoms with Crippen molar-refractivity contribution in [1.82, 2.24) is 10.6 Å². The monoisotopic (exact) mass is 648 g/mol. The van der Waals surface area contributed by atoms with E-state index in [1.54, 1.807) is 0 Å². The minimum absolute atomic E-state index is 0.0813. The van der Waals surface area contributed by atoms with Crippen LogP contribution in [-0.4, -0.2) is 35.1 Å². The third-order valence-corrected chi connectivity index (χ3v) is 8.68. The van der Waals surface area contributed by atoms with E-state index in [1.165, 1.54) is 0 Å². The van der Waals surface area contributed by atoms with E-state index < -0.39 is 23.3 Å².